The zero-order valence-electron chi connectivity index (χ0n) is 16.6. The predicted molar refractivity (Wildman–Crippen MR) is 113 cm³/mol. The lowest BCUT2D eigenvalue weighted by Crippen LogP contribution is -2.39. The fourth-order valence-electron chi connectivity index (χ4n) is 3.37. The van der Waals surface area contributed by atoms with Gasteiger partial charge in [0.25, 0.3) is 10.0 Å². The number of nitrogens with zero attached hydrogens (tertiary/aromatic N) is 4. The van der Waals surface area contributed by atoms with Gasteiger partial charge < -0.3 is 14.8 Å². The Morgan fingerprint density at radius 2 is 1.90 bits per heavy atom. The Labute approximate surface area is 174 Å². The fourth-order valence-corrected chi connectivity index (χ4v) is 4.62. The third-order valence-corrected chi connectivity index (χ3v) is 6.25. The van der Waals surface area contributed by atoms with Crippen molar-refractivity contribution in [1.82, 2.24) is 19.8 Å². The zero-order valence-corrected chi connectivity index (χ0v) is 17.4. The first kappa shape index (κ1) is 19.8. The van der Waals surface area contributed by atoms with Crippen LogP contribution < -0.4 is 5.32 Å². The molecule has 0 saturated heterocycles. The van der Waals surface area contributed by atoms with E-state index >= 15 is 0 Å². The number of carbonyl (C=O) groups excluding carboxylic acids is 1. The maximum atomic E-state index is 12.6. The molecule has 4 rings (SSSR count). The molecule has 9 heteroatoms. The van der Waals surface area contributed by atoms with E-state index in [2.05, 4.69) is 14.7 Å². The fraction of sp³-hybridized carbons (Fsp3) is 0.190. The Kier molecular flexibility index (Phi) is 5.13. The SMILES string of the molecule is CC(NC(=O)CN(C)C1=NS(=O)(=O)c2ccccc21)c1ccc(-n2ccnc2)cc1. The summed E-state index contributed by atoms with van der Waals surface area (Å²) < 4.78 is 30.2. The summed E-state index contributed by atoms with van der Waals surface area (Å²) in [7, 11) is -2.06. The van der Waals surface area contributed by atoms with E-state index in [0.29, 0.717) is 5.56 Å². The molecule has 1 amide bonds. The topological polar surface area (TPSA) is 96.7 Å². The quantitative estimate of drug-likeness (QED) is 0.678. The predicted octanol–water partition coefficient (Wildman–Crippen LogP) is 2.13. The van der Waals surface area contributed by atoms with Crippen LogP contribution in [0, 0.1) is 0 Å². The highest BCUT2D eigenvalue weighted by molar-refractivity contribution is 7.90. The standard InChI is InChI=1S/C21H21N5O3S/c1-15(16-7-9-17(10-8-16)26-12-11-22-14-26)23-20(27)13-25(2)21-18-5-3-4-6-19(18)30(28,29)24-21/h3-12,14-15H,13H2,1-2H3,(H,23,27). The summed E-state index contributed by atoms with van der Waals surface area (Å²) in [5.41, 5.74) is 2.45. The van der Waals surface area contributed by atoms with Gasteiger partial charge in [-0.25, -0.2) is 4.98 Å². The lowest BCUT2D eigenvalue weighted by Gasteiger charge is -2.21. The molecule has 1 atom stereocenters. The van der Waals surface area contributed by atoms with Crippen LogP contribution in [0.3, 0.4) is 0 Å². The number of amidine groups is 1. The highest BCUT2D eigenvalue weighted by Gasteiger charge is 2.31. The van der Waals surface area contributed by atoms with Gasteiger partial charge in [-0.05, 0) is 36.8 Å². The number of fused-ring (bicyclic) bond motifs is 1. The molecule has 1 unspecified atom stereocenters. The monoisotopic (exact) mass is 423 g/mol. The molecule has 30 heavy (non-hydrogen) atoms. The number of amides is 1. The van der Waals surface area contributed by atoms with Gasteiger partial charge in [-0.1, -0.05) is 24.3 Å². The second-order valence-corrected chi connectivity index (χ2v) is 8.67. The summed E-state index contributed by atoms with van der Waals surface area (Å²) >= 11 is 0. The third kappa shape index (κ3) is 3.84. The van der Waals surface area contributed by atoms with E-state index in [1.54, 1.807) is 42.7 Å². The molecule has 1 N–H and O–H groups in total. The van der Waals surface area contributed by atoms with Gasteiger partial charge in [0.05, 0.1) is 18.9 Å². The summed E-state index contributed by atoms with van der Waals surface area (Å²) in [6.45, 7) is 1.89. The minimum absolute atomic E-state index is 0.0137. The van der Waals surface area contributed by atoms with E-state index in [9.17, 15) is 13.2 Å². The number of nitrogens with one attached hydrogen (secondary N) is 1. The van der Waals surface area contributed by atoms with Crippen LogP contribution in [0.1, 0.15) is 24.1 Å². The molecule has 8 nitrogen and oxygen atoms in total. The summed E-state index contributed by atoms with van der Waals surface area (Å²) in [5.74, 6) is 0.0475. The highest BCUT2D eigenvalue weighted by atomic mass is 32.2. The van der Waals surface area contributed by atoms with Crippen LogP contribution in [0.4, 0.5) is 0 Å². The number of hydrogen-bond donors (Lipinski definition) is 1. The van der Waals surface area contributed by atoms with Crippen LogP contribution in [-0.4, -0.2) is 48.2 Å². The minimum atomic E-state index is -3.72. The van der Waals surface area contributed by atoms with E-state index in [-0.39, 0.29) is 29.2 Å². The van der Waals surface area contributed by atoms with Crippen molar-refractivity contribution in [2.24, 2.45) is 4.40 Å². The number of hydrogen-bond acceptors (Lipinski definition) is 5. The number of likely N-dealkylation sites (N-methyl/N-ethyl adjacent to an activating group) is 1. The summed E-state index contributed by atoms with van der Waals surface area (Å²) in [6, 6.07) is 14.2. The number of imidazole rings is 1. The third-order valence-electron chi connectivity index (χ3n) is 4.93. The number of benzene rings is 2. The first-order chi connectivity index (χ1) is 14.3. The Hall–Kier alpha value is -3.46. The summed E-state index contributed by atoms with van der Waals surface area (Å²) in [5, 5.41) is 2.95. The van der Waals surface area contributed by atoms with Crippen molar-refractivity contribution in [2.75, 3.05) is 13.6 Å². The molecular weight excluding hydrogens is 402 g/mol. The van der Waals surface area contributed by atoms with E-state index in [4.69, 9.17) is 0 Å². The van der Waals surface area contributed by atoms with Crippen molar-refractivity contribution in [1.29, 1.82) is 0 Å². The highest BCUT2D eigenvalue weighted by Crippen LogP contribution is 2.26. The molecule has 2 heterocycles. The molecular formula is C21H21N5O3S. The van der Waals surface area contributed by atoms with Crippen LogP contribution in [0.5, 0.6) is 0 Å². The van der Waals surface area contributed by atoms with Gasteiger partial charge in [-0.2, -0.15) is 8.42 Å². The van der Waals surface area contributed by atoms with Gasteiger partial charge >= 0.3 is 0 Å². The largest absolute Gasteiger partial charge is 0.349 e. The number of sulfonamides is 1. The first-order valence-electron chi connectivity index (χ1n) is 9.38. The minimum Gasteiger partial charge on any atom is -0.349 e. The number of aromatic nitrogens is 2. The first-order valence-corrected chi connectivity index (χ1v) is 10.8. The Bertz CT molecular complexity index is 1200. The average molecular weight is 423 g/mol. The normalized spacial score (nSPS) is 15.2. The molecule has 0 aliphatic carbocycles. The van der Waals surface area contributed by atoms with Crippen molar-refractivity contribution in [3.05, 3.63) is 78.4 Å². The van der Waals surface area contributed by atoms with E-state index in [1.165, 1.54) is 6.07 Å². The van der Waals surface area contributed by atoms with Crippen molar-refractivity contribution in [3.8, 4) is 5.69 Å². The van der Waals surface area contributed by atoms with Gasteiger partial charge in [-0.3, -0.25) is 4.79 Å². The molecule has 154 valence electrons. The van der Waals surface area contributed by atoms with Gasteiger partial charge in [0.15, 0.2) is 5.84 Å². The second kappa shape index (κ2) is 7.75. The van der Waals surface area contributed by atoms with E-state index in [0.717, 1.165) is 11.3 Å². The number of rotatable bonds is 5. The van der Waals surface area contributed by atoms with Gasteiger partial charge in [-0.15, -0.1) is 4.40 Å². The zero-order chi connectivity index (χ0) is 21.3. The second-order valence-electron chi connectivity index (χ2n) is 7.09. The lowest BCUT2D eigenvalue weighted by molar-refractivity contribution is -0.121. The maximum absolute atomic E-state index is 12.6. The molecule has 1 aliphatic rings. The van der Waals surface area contributed by atoms with E-state index in [1.807, 2.05) is 42.0 Å². The molecule has 0 saturated carbocycles. The summed E-state index contributed by atoms with van der Waals surface area (Å²) in [4.78, 5) is 18.3. The Morgan fingerprint density at radius 3 is 2.60 bits per heavy atom. The average Bonchev–Trinajstić information content (AvgIpc) is 3.35. The van der Waals surface area contributed by atoms with Gasteiger partial charge in [0.1, 0.15) is 4.90 Å². The van der Waals surface area contributed by atoms with Crippen molar-refractivity contribution < 1.29 is 13.2 Å². The van der Waals surface area contributed by atoms with Gasteiger partial charge in [0.2, 0.25) is 5.91 Å². The van der Waals surface area contributed by atoms with Crippen LogP contribution >= 0.6 is 0 Å². The van der Waals surface area contributed by atoms with Crippen LogP contribution in [0.15, 0.2) is 76.5 Å². The maximum Gasteiger partial charge on any atom is 0.285 e. The van der Waals surface area contributed by atoms with Gasteiger partial charge in [0, 0.05) is 30.7 Å². The Balaban J connectivity index is 1.41. The molecule has 2 aromatic carbocycles. The van der Waals surface area contributed by atoms with Crippen molar-refractivity contribution in [2.45, 2.75) is 17.9 Å². The lowest BCUT2D eigenvalue weighted by atomic mass is 10.1. The molecule has 0 radical (unpaired) electrons. The van der Waals surface area contributed by atoms with Crippen molar-refractivity contribution in [3.63, 3.8) is 0 Å². The molecule has 0 spiro atoms. The smallest absolute Gasteiger partial charge is 0.285 e. The molecule has 3 aromatic rings. The van der Waals surface area contributed by atoms with Crippen LogP contribution in [-0.2, 0) is 14.8 Å². The van der Waals surface area contributed by atoms with Crippen LogP contribution in [0.25, 0.3) is 5.69 Å². The van der Waals surface area contributed by atoms with Crippen molar-refractivity contribution >= 4 is 21.8 Å². The molecule has 1 aliphatic heterocycles. The number of carbonyl (C=O) groups is 1. The van der Waals surface area contributed by atoms with Crippen LogP contribution in [0.2, 0.25) is 0 Å². The molecule has 1 aromatic heterocycles. The Morgan fingerprint density at radius 1 is 1.17 bits per heavy atom. The summed E-state index contributed by atoms with van der Waals surface area (Å²) in [6.07, 6.45) is 5.30. The van der Waals surface area contributed by atoms with E-state index < -0.39 is 10.0 Å². The molecule has 0 fully saturated rings. The molecule has 0 bridgehead atoms.